The lowest BCUT2D eigenvalue weighted by atomic mass is 9.91. The predicted octanol–water partition coefficient (Wildman–Crippen LogP) is 2.96. The van der Waals surface area contributed by atoms with E-state index in [-0.39, 0.29) is 12.4 Å². The Morgan fingerprint density at radius 3 is 2.56 bits per heavy atom. The Balaban J connectivity index is 0.00000289. The van der Waals surface area contributed by atoms with Crippen LogP contribution in [0.2, 0.25) is 0 Å². The fraction of sp³-hybridized carbons (Fsp3) is 0.929. The van der Waals surface area contributed by atoms with Crippen LogP contribution in [0.3, 0.4) is 0 Å². The van der Waals surface area contributed by atoms with Gasteiger partial charge in [0.15, 0.2) is 0 Å². The number of halogens is 1. The number of nitrogens with zero attached hydrogens (tertiary/aromatic N) is 1. The minimum absolute atomic E-state index is 0. The zero-order chi connectivity index (χ0) is 12.7. The summed E-state index contributed by atoms with van der Waals surface area (Å²) < 4.78 is 0. The number of unbranched alkanes of at least 4 members (excludes halogenated alkanes) is 3. The van der Waals surface area contributed by atoms with E-state index >= 15 is 0 Å². The molecule has 18 heavy (non-hydrogen) atoms. The molecule has 0 bridgehead atoms. The molecule has 1 amide bonds. The van der Waals surface area contributed by atoms with Gasteiger partial charge in [0, 0.05) is 19.0 Å². The van der Waals surface area contributed by atoms with E-state index in [9.17, 15) is 4.79 Å². The molecule has 1 fully saturated rings. The van der Waals surface area contributed by atoms with Gasteiger partial charge < -0.3 is 10.6 Å². The average Bonchev–Trinajstić information content (AvgIpc) is 2.32. The summed E-state index contributed by atoms with van der Waals surface area (Å²) in [5.41, 5.74) is 5.45. The van der Waals surface area contributed by atoms with E-state index in [0.29, 0.717) is 17.9 Å². The van der Waals surface area contributed by atoms with Gasteiger partial charge in [-0.2, -0.15) is 0 Å². The van der Waals surface area contributed by atoms with Crippen LogP contribution >= 0.6 is 12.4 Å². The Kier molecular flexibility index (Phi) is 9.47. The highest BCUT2D eigenvalue weighted by atomic mass is 35.5. The minimum atomic E-state index is 0. The van der Waals surface area contributed by atoms with Crippen molar-refractivity contribution in [1.82, 2.24) is 4.90 Å². The highest BCUT2D eigenvalue weighted by Gasteiger charge is 2.27. The monoisotopic (exact) mass is 276 g/mol. The summed E-state index contributed by atoms with van der Waals surface area (Å²) >= 11 is 0. The van der Waals surface area contributed by atoms with Crippen LogP contribution in [0.25, 0.3) is 0 Å². The Labute approximate surface area is 118 Å². The SMILES string of the molecule is CC1CCCN(C(=O)CCCCCCN)C1C.Cl. The quantitative estimate of drug-likeness (QED) is 0.758. The van der Waals surface area contributed by atoms with E-state index < -0.39 is 0 Å². The summed E-state index contributed by atoms with van der Waals surface area (Å²) in [5.74, 6) is 1.02. The molecule has 0 saturated carbocycles. The van der Waals surface area contributed by atoms with Crippen LogP contribution in [0, 0.1) is 5.92 Å². The van der Waals surface area contributed by atoms with Crippen molar-refractivity contribution in [3.63, 3.8) is 0 Å². The molecule has 1 saturated heterocycles. The second kappa shape index (κ2) is 9.62. The van der Waals surface area contributed by atoms with Crippen molar-refractivity contribution in [2.45, 2.75) is 64.8 Å². The third kappa shape index (κ3) is 5.57. The van der Waals surface area contributed by atoms with Gasteiger partial charge >= 0.3 is 0 Å². The topological polar surface area (TPSA) is 46.3 Å². The summed E-state index contributed by atoms with van der Waals surface area (Å²) in [6, 6.07) is 0.431. The number of amides is 1. The fourth-order valence-electron chi connectivity index (χ4n) is 2.61. The lowest BCUT2D eigenvalue weighted by Crippen LogP contribution is -2.45. The molecule has 0 radical (unpaired) electrons. The van der Waals surface area contributed by atoms with Crippen molar-refractivity contribution in [3.8, 4) is 0 Å². The van der Waals surface area contributed by atoms with E-state index in [1.165, 1.54) is 12.8 Å². The van der Waals surface area contributed by atoms with E-state index in [0.717, 1.165) is 45.2 Å². The number of nitrogens with two attached hydrogens (primary N) is 1. The summed E-state index contributed by atoms with van der Waals surface area (Å²) in [6.07, 6.45) is 7.58. The standard InChI is InChI=1S/C14H28N2O.ClH/c1-12-8-7-11-16(13(12)2)14(17)9-5-3-4-6-10-15;/h12-13H,3-11,15H2,1-2H3;1H. The van der Waals surface area contributed by atoms with Crippen LogP contribution in [0.5, 0.6) is 0 Å². The molecule has 108 valence electrons. The van der Waals surface area contributed by atoms with Crippen molar-refractivity contribution >= 4 is 18.3 Å². The van der Waals surface area contributed by atoms with E-state index in [1.54, 1.807) is 0 Å². The van der Waals surface area contributed by atoms with Crippen molar-refractivity contribution in [2.75, 3.05) is 13.1 Å². The molecule has 4 heteroatoms. The van der Waals surface area contributed by atoms with Gasteiger partial charge in [-0.1, -0.05) is 19.8 Å². The second-order valence-electron chi connectivity index (χ2n) is 5.40. The molecular formula is C14H29ClN2O. The first-order chi connectivity index (χ1) is 8.16. The number of carbonyl (C=O) groups is 1. The van der Waals surface area contributed by atoms with E-state index in [1.807, 2.05) is 0 Å². The molecule has 0 aromatic heterocycles. The number of hydrogen-bond acceptors (Lipinski definition) is 2. The van der Waals surface area contributed by atoms with Gasteiger partial charge in [-0.25, -0.2) is 0 Å². The molecule has 2 atom stereocenters. The molecule has 3 nitrogen and oxygen atoms in total. The number of piperidine rings is 1. The van der Waals surface area contributed by atoms with Gasteiger partial charge in [-0.3, -0.25) is 4.79 Å². The first kappa shape index (κ1) is 17.7. The van der Waals surface area contributed by atoms with Gasteiger partial charge in [0.25, 0.3) is 0 Å². The van der Waals surface area contributed by atoms with Crippen molar-refractivity contribution < 1.29 is 4.79 Å². The molecule has 2 unspecified atom stereocenters. The average molecular weight is 277 g/mol. The van der Waals surface area contributed by atoms with Crippen LogP contribution in [0.15, 0.2) is 0 Å². The normalized spacial score (nSPS) is 23.6. The zero-order valence-corrected chi connectivity index (χ0v) is 12.7. The lowest BCUT2D eigenvalue weighted by molar-refractivity contribution is -0.135. The molecule has 0 aromatic rings. The fourth-order valence-corrected chi connectivity index (χ4v) is 2.61. The van der Waals surface area contributed by atoms with Crippen LogP contribution in [-0.4, -0.2) is 29.9 Å². The predicted molar refractivity (Wildman–Crippen MR) is 79.0 cm³/mol. The molecule has 0 spiro atoms. The Hall–Kier alpha value is -0.280. The maximum atomic E-state index is 12.1. The largest absolute Gasteiger partial charge is 0.340 e. The molecule has 1 heterocycles. The number of hydrogen-bond donors (Lipinski definition) is 1. The first-order valence-corrected chi connectivity index (χ1v) is 7.16. The smallest absolute Gasteiger partial charge is 0.222 e. The van der Waals surface area contributed by atoms with E-state index in [2.05, 4.69) is 18.7 Å². The summed E-state index contributed by atoms with van der Waals surface area (Å²) in [5, 5.41) is 0. The van der Waals surface area contributed by atoms with Gasteiger partial charge in [0.05, 0.1) is 0 Å². The first-order valence-electron chi connectivity index (χ1n) is 7.16. The summed E-state index contributed by atoms with van der Waals surface area (Å²) in [7, 11) is 0. The van der Waals surface area contributed by atoms with Gasteiger partial charge in [-0.15, -0.1) is 12.4 Å². The highest BCUT2D eigenvalue weighted by molar-refractivity contribution is 5.85. The van der Waals surface area contributed by atoms with Crippen molar-refractivity contribution in [1.29, 1.82) is 0 Å². The third-order valence-electron chi connectivity index (χ3n) is 4.04. The minimum Gasteiger partial charge on any atom is -0.340 e. The second-order valence-corrected chi connectivity index (χ2v) is 5.40. The van der Waals surface area contributed by atoms with Crippen LogP contribution in [0.4, 0.5) is 0 Å². The maximum absolute atomic E-state index is 12.1. The maximum Gasteiger partial charge on any atom is 0.222 e. The highest BCUT2D eigenvalue weighted by Crippen LogP contribution is 2.23. The molecule has 2 N–H and O–H groups in total. The van der Waals surface area contributed by atoms with Crippen molar-refractivity contribution in [3.05, 3.63) is 0 Å². The molecule has 1 rings (SSSR count). The molecule has 1 aliphatic heterocycles. The molecule has 0 aliphatic carbocycles. The van der Waals surface area contributed by atoms with Crippen LogP contribution in [-0.2, 0) is 4.79 Å². The molecule has 1 aliphatic rings. The third-order valence-corrected chi connectivity index (χ3v) is 4.04. The number of rotatable bonds is 6. The molecular weight excluding hydrogens is 248 g/mol. The number of carbonyl (C=O) groups excluding carboxylic acids is 1. The van der Waals surface area contributed by atoms with Gasteiger partial charge in [-0.05, 0) is 45.1 Å². The Morgan fingerprint density at radius 2 is 1.89 bits per heavy atom. The van der Waals surface area contributed by atoms with Crippen LogP contribution in [0.1, 0.15) is 58.8 Å². The summed E-state index contributed by atoms with van der Waals surface area (Å²) in [4.78, 5) is 14.2. The Bertz CT molecular complexity index is 236. The zero-order valence-electron chi connectivity index (χ0n) is 11.9. The number of likely N-dealkylation sites (tertiary alicyclic amines) is 1. The molecule has 0 aromatic carbocycles. The summed E-state index contributed by atoms with van der Waals surface area (Å²) in [6.45, 7) is 6.18. The Morgan fingerprint density at radius 1 is 1.22 bits per heavy atom. The van der Waals surface area contributed by atoms with Crippen LogP contribution < -0.4 is 5.73 Å². The van der Waals surface area contributed by atoms with Gasteiger partial charge in [0.2, 0.25) is 5.91 Å². The van der Waals surface area contributed by atoms with E-state index in [4.69, 9.17) is 5.73 Å². The van der Waals surface area contributed by atoms with Gasteiger partial charge in [0.1, 0.15) is 0 Å². The van der Waals surface area contributed by atoms with Crippen molar-refractivity contribution in [2.24, 2.45) is 11.7 Å². The lowest BCUT2D eigenvalue weighted by Gasteiger charge is -2.38.